The van der Waals surface area contributed by atoms with Crippen LogP contribution in [0, 0.1) is 5.41 Å². The Morgan fingerprint density at radius 1 is 1.38 bits per heavy atom. The van der Waals surface area contributed by atoms with E-state index in [1.807, 2.05) is 0 Å². The van der Waals surface area contributed by atoms with Gasteiger partial charge in [0.05, 0.1) is 19.3 Å². The number of aliphatic hydroxyl groups excluding tert-OH is 2. The van der Waals surface area contributed by atoms with Crippen LogP contribution < -0.4 is 0 Å². The summed E-state index contributed by atoms with van der Waals surface area (Å²) in [6.45, 7) is 4.42. The molecule has 0 aromatic heterocycles. The molecule has 0 unspecified atom stereocenters. The summed E-state index contributed by atoms with van der Waals surface area (Å²) in [6.07, 6.45) is 0.141. The molecule has 0 atom stereocenters. The molecule has 0 aliphatic heterocycles. The van der Waals surface area contributed by atoms with E-state index in [0.29, 0.717) is 6.42 Å². The first-order chi connectivity index (χ1) is 6.02. The number of esters is 1. The second kappa shape index (κ2) is 5.19. The fourth-order valence-corrected chi connectivity index (χ4v) is 0.886. The van der Waals surface area contributed by atoms with E-state index in [2.05, 4.69) is 0 Å². The van der Waals surface area contributed by atoms with Crippen molar-refractivity contribution in [1.82, 2.24) is 0 Å². The van der Waals surface area contributed by atoms with Crippen molar-refractivity contribution < 1.29 is 19.7 Å². The third-order valence-electron chi connectivity index (χ3n) is 2.06. The predicted octanol–water partition coefficient (Wildman–Crippen LogP) is 0.319. The number of aliphatic hydroxyl groups is 2. The molecule has 0 aromatic rings. The highest BCUT2D eigenvalue weighted by molar-refractivity contribution is 5.77. The van der Waals surface area contributed by atoms with Crippen LogP contribution in [0.2, 0.25) is 0 Å². The molecule has 0 heterocycles. The van der Waals surface area contributed by atoms with Crippen molar-refractivity contribution >= 4 is 5.97 Å². The SMILES string of the molecule is CCC(CO)(CO)C(=O)OC(C)C. The third-order valence-corrected chi connectivity index (χ3v) is 2.06. The first-order valence-electron chi connectivity index (χ1n) is 4.45. The van der Waals surface area contributed by atoms with Crippen LogP contribution in [-0.4, -0.2) is 35.5 Å². The zero-order valence-electron chi connectivity index (χ0n) is 8.41. The lowest BCUT2D eigenvalue weighted by Crippen LogP contribution is -2.40. The first-order valence-corrected chi connectivity index (χ1v) is 4.45. The fraction of sp³-hybridized carbons (Fsp3) is 0.889. The Bertz CT molecular complexity index is 153. The maximum atomic E-state index is 11.4. The second-order valence-corrected chi connectivity index (χ2v) is 3.40. The van der Waals surface area contributed by atoms with Gasteiger partial charge in [0.25, 0.3) is 0 Å². The smallest absolute Gasteiger partial charge is 0.317 e. The number of hydrogen-bond acceptors (Lipinski definition) is 4. The van der Waals surface area contributed by atoms with Gasteiger partial charge in [0, 0.05) is 0 Å². The topological polar surface area (TPSA) is 66.8 Å². The van der Waals surface area contributed by atoms with Gasteiger partial charge in [-0.15, -0.1) is 0 Å². The Kier molecular flexibility index (Phi) is 4.95. The lowest BCUT2D eigenvalue weighted by Gasteiger charge is -2.26. The molecule has 0 amide bonds. The minimum atomic E-state index is -1.13. The van der Waals surface area contributed by atoms with Gasteiger partial charge in [0.1, 0.15) is 5.41 Å². The molecule has 0 aliphatic carbocycles. The Hall–Kier alpha value is -0.610. The summed E-state index contributed by atoms with van der Waals surface area (Å²) in [4.78, 5) is 11.4. The van der Waals surface area contributed by atoms with E-state index >= 15 is 0 Å². The molecule has 2 N–H and O–H groups in total. The van der Waals surface area contributed by atoms with Gasteiger partial charge < -0.3 is 14.9 Å². The molecule has 0 aliphatic rings. The molecule has 0 fully saturated rings. The van der Waals surface area contributed by atoms with Gasteiger partial charge in [0.15, 0.2) is 0 Å². The zero-order chi connectivity index (χ0) is 10.5. The largest absolute Gasteiger partial charge is 0.462 e. The van der Waals surface area contributed by atoms with Gasteiger partial charge in [-0.25, -0.2) is 0 Å². The fourth-order valence-electron chi connectivity index (χ4n) is 0.886. The van der Waals surface area contributed by atoms with Crippen molar-refractivity contribution in [2.24, 2.45) is 5.41 Å². The molecular weight excluding hydrogens is 172 g/mol. The van der Waals surface area contributed by atoms with Gasteiger partial charge in [-0.1, -0.05) is 6.92 Å². The lowest BCUT2D eigenvalue weighted by atomic mass is 9.87. The van der Waals surface area contributed by atoms with E-state index in [1.165, 1.54) is 0 Å². The van der Waals surface area contributed by atoms with Gasteiger partial charge in [-0.05, 0) is 20.3 Å². The van der Waals surface area contributed by atoms with Crippen LogP contribution in [0.5, 0.6) is 0 Å². The number of ether oxygens (including phenoxy) is 1. The number of hydrogen-bond donors (Lipinski definition) is 2. The molecule has 0 rings (SSSR count). The van der Waals surface area contributed by atoms with E-state index in [4.69, 9.17) is 14.9 Å². The molecule has 0 radical (unpaired) electrons. The quantitative estimate of drug-likeness (QED) is 0.613. The molecule has 0 aromatic carbocycles. The van der Waals surface area contributed by atoms with Crippen LogP contribution in [0.4, 0.5) is 0 Å². The summed E-state index contributed by atoms with van der Waals surface area (Å²) >= 11 is 0. The van der Waals surface area contributed by atoms with Crippen LogP contribution in [-0.2, 0) is 9.53 Å². The minimum Gasteiger partial charge on any atom is -0.462 e. The van der Waals surface area contributed by atoms with Crippen LogP contribution in [0.15, 0.2) is 0 Å². The van der Waals surface area contributed by atoms with E-state index in [1.54, 1.807) is 20.8 Å². The Morgan fingerprint density at radius 2 is 1.85 bits per heavy atom. The summed E-state index contributed by atoms with van der Waals surface area (Å²) in [7, 11) is 0. The van der Waals surface area contributed by atoms with E-state index in [0.717, 1.165) is 0 Å². The van der Waals surface area contributed by atoms with Gasteiger partial charge in [0.2, 0.25) is 0 Å². The molecule has 0 saturated heterocycles. The Morgan fingerprint density at radius 3 is 2.08 bits per heavy atom. The monoisotopic (exact) mass is 190 g/mol. The average Bonchev–Trinajstić information content (AvgIpc) is 2.07. The van der Waals surface area contributed by atoms with Crippen molar-refractivity contribution in [3.8, 4) is 0 Å². The zero-order valence-corrected chi connectivity index (χ0v) is 8.41. The summed E-state index contributed by atoms with van der Waals surface area (Å²) in [6, 6.07) is 0. The molecule has 4 heteroatoms. The number of carbonyl (C=O) groups excluding carboxylic acids is 1. The van der Waals surface area contributed by atoms with Crippen LogP contribution in [0.1, 0.15) is 27.2 Å². The Balaban J connectivity index is 4.44. The minimum absolute atomic E-state index is 0.225. The molecule has 78 valence electrons. The average molecular weight is 190 g/mol. The highest BCUT2D eigenvalue weighted by Crippen LogP contribution is 2.22. The highest BCUT2D eigenvalue weighted by atomic mass is 16.5. The first kappa shape index (κ1) is 12.4. The summed E-state index contributed by atoms with van der Waals surface area (Å²) in [5, 5.41) is 18.0. The standard InChI is InChI=1S/C9H18O4/c1-4-9(5-10,6-11)8(12)13-7(2)3/h7,10-11H,4-6H2,1-3H3. The molecular formula is C9H18O4. The highest BCUT2D eigenvalue weighted by Gasteiger charge is 2.37. The summed E-state index contributed by atoms with van der Waals surface area (Å²) < 4.78 is 4.93. The molecule has 0 saturated carbocycles. The number of carbonyl (C=O) groups is 1. The van der Waals surface area contributed by atoms with E-state index in [-0.39, 0.29) is 19.3 Å². The van der Waals surface area contributed by atoms with Gasteiger partial charge >= 0.3 is 5.97 Å². The second-order valence-electron chi connectivity index (χ2n) is 3.40. The summed E-state index contributed by atoms with van der Waals surface area (Å²) in [5.41, 5.74) is -1.13. The predicted molar refractivity (Wildman–Crippen MR) is 48.1 cm³/mol. The molecule has 4 nitrogen and oxygen atoms in total. The van der Waals surface area contributed by atoms with Crippen molar-refractivity contribution in [2.75, 3.05) is 13.2 Å². The van der Waals surface area contributed by atoms with E-state index < -0.39 is 11.4 Å². The van der Waals surface area contributed by atoms with Gasteiger partial charge in [-0.3, -0.25) is 4.79 Å². The summed E-state index contributed by atoms with van der Waals surface area (Å²) in [5.74, 6) is -0.532. The van der Waals surface area contributed by atoms with Crippen LogP contribution >= 0.6 is 0 Å². The molecule has 0 bridgehead atoms. The van der Waals surface area contributed by atoms with Crippen LogP contribution in [0.3, 0.4) is 0 Å². The van der Waals surface area contributed by atoms with Crippen molar-refractivity contribution in [1.29, 1.82) is 0 Å². The maximum Gasteiger partial charge on any atom is 0.317 e. The van der Waals surface area contributed by atoms with E-state index in [9.17, 15) is 4.79 Å². The normalized spacial score (nSPS) is 11.8. The van der Waals surface area contributed by atoms with Gasteiger partial charge in [-0.2, -0.15) is 0 Å². The van der Waals surface area contributed by atoms with Crippen molar-refractivity contribution in [3.63, 3.8) is 0 Å². The lowest BCUT2D eigenvalue weighted by molar-refractivity contribution is -0.165. The number of rotatable bonds is 5. The molecule has 0 spiro atoms. The Labute approximate surface area is 78.5 Å². The van der Waals surface area contributed by atoms with Crippen molar-refractivity contribution in [2.45, 2.75) is 33.3 Å². The third kappa shape index (κ3) is 2.97. The van der Waals surface area contributed by atoms with Crippen LogP contribution in [0.25, 0.3) is 0 Å². The molecule has 13 heavy (non-hydrogen) atoms. The van der Waals surface area contributed by atoms with Crippen molar-refractivity contribution in [3.05, 3.63) is 0 Å². The maximum absolute atomic E-state index is 11.4.